The minimum Gasteiger partial charge on any atom is -0.481 e. The number of rotatable bonds is 5. The molecule has 0 bridgehead atoms. The van der Waals surface area contributed by atoms with Crippen LogP contribution in [0.15, 0.2) is 0 Å². The van der Waals surface area contributed by atoms with Crippen LogP contribution in [0.2, 0.25) is 0 Å². The molecule has 1 aliphatic carbocycles. The van der Waals surface area contributed by atoms with E-state index < -0.39 is 5.97 Å². The molecule has 0 spiro atoms. The molecule has 5 heteroatoms. The first kappa shape index (κ1) is 15.0. The van der Waals surface area contributed by atoms with E-state index in [-0.39, 0.29) is 23.4 Å². The molecule has 1 aliphatic rings. The standard InChI is InChI=1S/C13H24N2O3/c1-13(2,3)14-7-6-11(16)15-10-5-4-9(8-10)12(17)18/h9-10,14H,4-8H2,1-3H3,(H,15,16)(H,17,18)/t9-,10+/m1/s1. The van der Waals surface area contributed by atoms with E-state index in [1.165, 1.54) is 0 Å². The third-order valence-corrected chi connectivity index (χ3v) is 3.15. The molecule has 0 aromatic heterocycles. The van der Waals surface area contributed by atoms with Gasteiger partial charge >= 0.3 is 5.97 Å². The van der Waals surface area contributed by atoms with Gasteiger partial charge in [-0.25, -0.2) is 0 Å². The lowest BCUT2D eigenvalue weighted by Gasteiger charge is -2.20. The van der Waals surface area contributed by atoms with Crippen molar-refractivity contribution >= 4 is 11.9 Å². The molecule has 0 saturated heterocycles. The largest absolute Gasteiger partial charge is 0.481 e. The number of hydrogen-bond acceptors (Lipinski definition) is 3. The lowest BCUT2D eigenvalue weighted by Crippen LogP contribution is -2.40. The highest BCUT2D eigenvalue weighted by Crippen LogP contribution is 2.25. The Hall–Kier alpha value is -1.10. The van der Waals surface area contributed by atoms with Crippen LogP contribution < -0.4 is 10.6 Å². The number of carboxylic acid groups (broad SMARTS) is 1. The first-order chi connectivity index (χ1) is 8.28. The van der Waals surface area contributed by atoms with Crippen LogP contribution in [0.1, 0.15) is 46.5 Å². The van der Waals surface area contributed by atoms with E-state index >= 15 is 0 Å². The fourth-order valence-corrected chi connectivity index (χ4v) is 2.19. The molecule has 0 heterocycles. The highest BCUT2D eigenvalue weighted by Gasteiger charge is 2.30. The number of carboxylic acids is 1. The van der Waals surface area contributed by atoms with Gasteiger partial charge in [0.1, 0.15) is 0 Å². The monoisotopic (exact) mass is 256 g/mol. The summed E-state index contributed by atoms with van der Waals surface area (Å²) in [5.74, 6) is -1.04. The number of nitrogens with one attached hydrogen (secondary N) is 2. The summed E-state index contributed by atoms with van der Waals surface area (Å²) in [6, 6.07) is 0.0354. The molecule has 2 atom stereocenters. The van der Waals surface area contributed by atoms with Crippen molar-refractivity contribution in [3.05, 3.63) is 0 Å². The predicted molar refractivity (Wildman–Crippen MR) is 69.3 cm³/mol. The summed E-state index contributed by atoms with van der Waals surface area (Å²) >= 11 is 0. The maximum atomic E-state index is 11.7. The average molecular weight is 256 g/mol. The third-order valence-electron chi connectivity index (χ3n) is 3.15. The molecule has 1 amide bonds. The van der Waals surface area contributed by atoms with Gasteiger partial charge in [-0.2, -0.15) is 0 Å². The Morgan fingerprint density at radius 1 is 1.28 bits per heavy atom. The van der Waals surface area contributed by atoms with Gasteiger partial charge in [0, 0.05) is 24.5 Å². The van der Waals surface area contributed by atoms with Crippen LogP contribution in [0.3, 0.4) is 0 Å². The molecule has 1 fully saturated rings. The van der Waals surface area contributed by atoms with Gasteiger partial charge in [-0.1, -0.05) is 0 Å². The highest BCUT2D eigenvalue weighted by atomic mass is 16.4. The van der Waals surface area contributed by atoms with Crippen molar-refractivity contribution in [1.29, 1.82) is 0 Å². The van der Waals surface area contributed by atoms with Crippen molar-refractivity contribution in [2.24, 2.45) is 5.92 Å². The molecular weight excluding hydrogens is 232 g/mol. The van der Waals surface area contributed by atoms with Crippen molar-refractivity contribution < 1.29 is 14.7 Å². The fraction of sp³-hybridized carbons (Fsp3) is 0.846. The molecule has 1 saturated carbocycles. The van der Waals surface area contributed by atoms with Crippen LogP contribution in [0.25, 0.3) is 0 Å². The van der Waals surface area contributed by atoms with Crippen molar-refractivity contribution in [2.75, 3.05) is 6.54 Å². The molecule has 3 N–H and O–H groups in total. The van der Waals surface area contributed by atoms with Crippen molar-refractivity contribution in [3.63, 3.8) is 0 Å². The van der Waals surface area contributed by atoms with Crippen molar-refractivity contribution in [2.45, 2.75) is 58.0 Å². The summed E-state index contributed by atoms with van der Waals surface area (Å²) < 4.78 is 0. The van der Waals surface area contributed by atoms with Crippen molar-refractivity contribution in [1.82, 2.24) is 10.6 Å². The second kappa shape index (κ2) is 6.18. The van der Waals surface area contributed by atoms with E-state index in [2.05, 4.69) is 31.4 Å². The highest BCUT2D eigenvalue weighted by molar-refractivity contribution is 5.77. The predicted octanol–water partition coefficient (Wildman–Crippen LogP) is 1.13. The van der Waals surface area contributed by atoms with Gasteiger partial charge in [-0.3, -0.25) is 9.59 Å². The van der Waals surface area contributed by atoms with E-state index in [4.69, 9.17) is 5.11 Å². The lowest BCUT2D eigenvalue weighted by molar-refractivity contribution is -0.141. The maximum absolute atomic E-state index is 11.7. The molecule has 0 radical (unpaired) electrons. The summed E-state index contributed by atoms with van der Waals surface area (Å²) in [5, 5.41) is 15.0. The van der Waals surface area contributed by atoms with Crippen LogP contribution in [-0.4, -0.2) is 35.1 Å². The average Bonchev–Trinajstić information content (AvgIpc) is 2.64. The van der Waals surface area contributed by atoms with Crippen LogP contribution in [-0.2, 0) is 9.59 Å². The van der Waals surface area contributed by atoms with Gasteiger partial charge in [0.15, 0.2) is 0 Å². The number of hydrogen-bond donors (Lipinski definition) is 3. The number of carbonyl (C=O) groups is 2. The molecule has 18 heavy (non-hydrogen) atoms. The third kappa shape index (κ3) is 5.49. The fourth-order valence-electron chi connectivity index (χ4n) is 2.19. The van der Waals surface area contributed by atoms with Gasteiger partial charge in [0.2, 0.25) is 5.91 Å². The normalized spacial score (nSPS) is 23.9. The summed E-state index contributed by atoms with van der Waals surface area (Å²) in [7, 11) is 0. The number of amides is 1. The zero-order valence-electron chi connectivity index (χ0n) is 11.5. The Balaban J connectivity index is 2.20. The molecule has 104 valence electrons. The summed E-state index contributed by atoms with van der Waals surface area (Å²) in [4.78, 5) is 22.5. The molecule has 5 nitrogen and oxygen atoms in total. The molecule has 0 aromatic rings. The van der Waals surface area contributed by atoms with E-state index in [1.807, 2.05) is 0 Å². The summed E-state index contributed by atoms with van der Waals surface area (Å²) in [6.45, 7) is 6.81. The summed E-state index contributed by atoms with van der Waals surface area (Å²) in [6.07, 6.45) is 2.44. The Kier molecular flexibility index (Phi) is 5.14. The first-order valence-corrected chi connectivity index (χ1v) is 6.55. The zero-order chi connectivity index (χ0) is 13.8. The number of aliphatic carboxylic acids is 1. The molecule has 1 rings (SSSR count). The van der Waals surface area contributed by atoms with Crippen LogP contribution in [0, 0.1) is 5.92 Å². The van der Waals surface area contributed by atoms with E-state index in [1.54, 1.807) is 0 Å². The van der Waals surface area contributed by atoms with Gasteiger partial charge < -0.3 is 15.7 Å². The lowest BCUT2D eigenvalue weighted by atomic mass is 10.1. The Bertz CT molecular complexity index is 310. The van der Waals surface area contributed by atoms with Crippen LogP contribution >= 0.6 is 0 Å². The minimum atomic E-state index is -0.749. The second-order valence-electron chi connectivity index (χ2n) is 6.04. The van der Waals surface area contributed by atoms with Crippen molar-refractivity contribution in [3.8, 4) is 0 Å². The molecule has 0 unspecified atom stereocenters. The van der Waals surface area contributed by atoms with E-state index in [0.29, 0.717) is 25.8 Å². The van der Waals surface area contributed by atoms with Crippen LogP contribution in [0.4, 0.5) is 0 Å². The van der Waals surface area contributed by atoms with E-state index in [0.717, 1.165) is 6.42 Å². The SMILES string of the molecule is CC(C)(C)NCCC(=O)N[C@H]1CC[C@@H](C(=O)O)C1. The Morgan fingerprint density at radius 2 is 1.94 bits per heavy atom. The maximum Gasteiger partial charge on any atom is 0.306 e. The zero-order valence-corrected chi connectivity index (χ0v) is 11.5. The topological polar surface area (TPSA) is 78.4 Å². The minimum absolute atomic E-state index is 0.00258. The van der Waals surface area contributed by atoms with Gasteiger partial charge in [0.25, 0.3) is 0 Å². The smallest absolute Gasteiger partial charge is 0.306 e. The first-order valence-electron chi connectivity index (χ1n) is 6.55. The van der Waals surface area contributed by atoms with Crippen LogP contribution in [0.5, 0.6) is 0 Å². The quantitative estimate of drug-likeness (QED) is 0.689. The Morgan fingerprint density at radius 3 is 2.44 bits per heavy atom. The molecule has 0 aromatic carbocycles. The molecular formula is C13H24N2O3. The van der Waals surface area contributed by atoms with Gasteiger partial charge in [-0.05, 0) is 40.0 Å². The molecule has 0 aliphatic heterocycles. The summed E-state index contributed by atoms with van der Waals surface area (Å²) in [5.41, 5.74) is 0.0159. The van der Waals surface area contributed by atoms with E-state index in [9.17, 15) is 9.59 Å². The van der Waals surface area contributed by atoms with Gasteiger partial charge in [0.05, 0.1) is 5.92 Å². The Labute approximate surface area is 108 Å². The second-order valence-corrected chi connectivity index (χ2v) is 6.04. The number of carbonyl (C=O) groups excluding carboxylic acids is 1. The van der Waals surface area contributed by atoms with Gasteiger partial charge in [-0.15, -0.1) is 0 Å².